The van der Waals surface area contributed by atoms with Crippen LogP contribution in [0.5, 0.6) is 5.75 Å². The summed E-state index contributed by atoms with van der Waals surface area (Å²) >= 11 is 0. The minimum atomic E-state index is -0.909. The average Bonchev–Trinajstić information content (AvgIpc) is 2.79. The van der Waals surface area contributed by atoms with Crippen molar-refractivity contribution in [1.82, 2.24) is 5.32 Å². The van der Waals surface area contributed by atoms with Gasteiger partial charge >= 0.3 is 5.97 Å². The smallest absolute Gasteiger partial charge is 0.308 e. The highest BCUT2D eigenvalue weighted by molar-refractivity contribution is 5.98. The van der Waals surface area contributed by atoms with Gasteiger partial charge in [0.2, 0.25) is 0 Å². The lowest BCUT2D eigenvalue weighted by molar-refractivity contribution is -0.154. The number of nitrogens with one attached hydrogen (secondary N) is 1. The topological polar surface area (TPSA) is 84.9 Å². The van der Waals surface area contributed by atoms with Crippen LogP contribution in [0.1, 0.15) is 38.2 Å². The molecule has 0 unspecified atom stereocenters. The maximum atomic E-state index is 12.4. The molecule has 164 valence electrons. The second kappa shape index (κ2) is 10.6. The highest BCUT2D eigenvalue weighted by Gasteiger charge is 2.26. The summed E-state index contributed by atoms with van der Waals surface area (Å²) in [5.41, 5.74) is 1.79. The Hall–Kier alpha value is -3.35. The Balaban J connectivity index is 1.47. The zero-order chi connectivity index (χ0) is 22.2. The summed E-state index contributed by atoms with van der Waals surface area (Å²) in [4.78, 5) is 38.3. The van der Waals surface area contributed by atoms with E-state index in [9.17, 15) is 14.4 Å². The maximum Gasteiger partial charge on any atom is 0.308 e. The monoisotopic (exact) mass is 424 g/mol. The van der Waals surface area contributed by atoms with Crippen LogP contribution >= 0.6 is 0 Å². The van der Waals surface area contributed by atoms with Gasteiger partial charge in [-0.3, -0.25) is 14.4 Å². The second-order valence-electron chi connectivity index (χ2n) is 7.44. The molecule has 1 heterocycles. The van der Waals surface area contributed by atoms with Gasteiger partial charge in [-0.25, -0.2) is 0 Å². The summed E-state index contributed by atoms with van der Waals surface area (Å²) in [7, 11) is 0. The Morgan fingerprint density at radius 1 is 1.13 bits per heavy atom. The molecule has 0 aliphatic carbocycles. The lowest BCUT2D eigenvalue weighted by atomic mass is 9.96. The molecule has 7 heteroatoms. The lowest BCUT2D eigenvalue weighted by Crippen LogP contribution is -2.41. The summed E-state index contributed by atoms with van der Waals surface area (Å²) in [6.45, 7) is 4.19. The van der Waals surface area contributed by atoms with E-state index in [1.165, 1.54) is 4.90 Å². The molecule has 1 N–H and O–H groups in total. The van der Waals surface area contributed by atoms with Gasteiger partial charge in [0, 0.05) is 19.0 Å². The van der Waals surface area contributed by atoms with E-state index < -0.39 is 12.1 Å². The van der Waals surface area contributed by atoms with Crippen molar-refractivity contribution in [2.24, 2.45) is 0 Å². The number of hydrogen-bond acceptors (Lipinski definition) is 5. The zero-order valence-electron chi connectivity index (χ0n) is 17.9. The molecule has 0 saturated carbocycles. The van der Waals surface area contributed by atoms with Crippen LogP contribution < -0.4 is 15.0 Å². The van der Waals surface area contributed by atoms with E-state index in [1.807, 2.05) is 36.4 Å². The van der Waals surface area contributed by atoms with Crippen LogP contribution in [0.15, 0.2) is 54.6 Å². The molecule has 7 nitrogen and oxygen atoms in total. The summed E-state index contributed by atoms with van der Waals surface area (Å²) in [6.07, 6.45) is -0.0410. The molecule has 2 aromatic carbocycles. The fourth-order valence-corrected chi connectivity index (χ4v) is 3.50. The number of benzene rings is 2. The normalized spacial score (nSPS) is 14.8. The number of nitrogens with zero attached hydrogens (tertiary/aromatic N) is 1. The molecule has 2 aromatic rings. The summed E-state index contributed by atoms with van der Waals surface area (Å²) in [5, 5.41) is 2.87. The van der Waals surface area contributed by atoms with Crippen LogP contribution in [0.3, 0.4) is 0 Å². The Morgan fingerprint density at radius 3 is 2.58 bits per heavy atom. The Labute approximate surface area is 182 Å². The number of fused-ring (bicyclic) bond motifs is 1. The van der Waals surface area contributed by atoms with Gasteiger partial charge < -0.3 is 19.7 Å². The van der Waals surface area contributed by atoms with Gasteiger partial charge in [-0.2, -0.15) is 0 Å². The van der Waals surface area contributed by atoms with Gasteiger partial charge in [0.15, 0.2) is 12.7 Å². The molecule has 31 heavy (non-hydrogen) atoms. The number of hydrogen-bond donors (Lipinski definition) is 1. The number of carbonyl (C=O) groups is 3. The van der Waals surface area contributed by atoms with Crippen molar-refractivity contribution in [2.75, 3.05) is 24.6 Å². The molecule has 3 rings (SSSR count). The predicted molar refractivity (Wildman–Crippen MR) is 117 cm³/mol. The Morgan fingerprint density at radius 2 is 1.84 bits per heavy atom. The number of ether oxygens (including phenoxy) is 2. The first kappa shape index (κ1) is 22.3. The van der Waals surface area contributed by atoms with Crippen molar-refractivity contribution in [3.05, 3.63) is 60.2 Å². The first-order valence-electron chi connectivity index (χ1n) is 10.5. The highest BCUT2D eigenvalue weighted by atomic mass is 16.5. The number of esters is 1. The first-order valence-corrected chi connectivity index (χ1v) is 10.5. The number of anilines is 1. The largest absolute Gasteiger partial charge is 0.482 e. The van der Waals surface area contributed by atoms with Crippen molar-refractivity contribution in [2.45, 2.75) is 38.7 Å². The molecule has 0 spiro atoms. The fraction of sp³-hybridized carbons (Fsp3) is 0.375. The molecular formula is C24H28N2O5. The Bertz CT molecular complexity index is 915. The van der Waals surface area contributed by atoms with Crippen molar-refractivity contribution >= 4 is 23.5 Å². The SMILES string of the molecule is CC[C@H](CNC(=O)[C@H](C)OC(=O)CCN1C(=O)COc2ccccc21)c1ccccc1. The standard InChI is InChI=1S/C24H28N2O5/c1-3-18(19-9-5-4-6-10-19)15-25-24(29)17(2)31-23(28)13-14-26-20-11-7-8-12-21(20)30-16-22(26)27/h4-12,17-18H,3,13-16H2,1-2H3,(H,25,29)/t17-,18+/m0/s1. The Kier molecular flexibility index (Phi) is 7.65. The maximum absolute atomic E-state index is 12.4. The third-order valence-electron chi connectivity index (χ3n) is 5.31. The van der Waals surface area contributed by atoms with E-state index in [1.54, 1.807) is 25.1 Å². The third-order valence-corrected chi connectivity index (χ3v) is 5.31. The fourth-order valence-electron chi connectivity index (χ4n) is 3.50. The first-order chi connectivity index (χ1) is 15.0. The summed E-state index contributed by atoms with van der Waals surface area (Å²) < 4.78 is 10.7. The average molecular weight is 424 g/mol. The van der Waals surface area contributed by atoms with Crippen LogP contribution in [-0.2, 0) is 19.1 Å². The molecule has 0 aromatic heterocycles. The van der Waals surface area contributed by atoms with Gasteiger partial charge in [0.1, 0.15) is 5.75 Å². The molecule has 0 bridgehead atoms. The number of rotatable bonds is 9. The molecule has 0 radical (unpaired) electrons. The molecule has 2 amide bonds. The van der Waals surface area contributed by atoms with Crippen LogP contribution in [0, 0.1) is 0 Å². The second-order valence-corrected chi connectivity index (χ2v) is 7.44. The van der Waals surface area contributed by atoms with E-state index in [4.69, 9.17) is 9.47 Å². The van der Waals surface area contributed by atoms with Crippen LogP contribution in [0.25, 0.3) is 0 Å². The number of carbonyl (C=O) groups excluding carboxylic acids is 3. The molecule has 0 fully saturated rings. The summed E-state index contributed by atoms with van der Waals surface area (Å²) in [6, 6.07) is 17.1. The quantitative estimate of drug-likeness (QED) is 0.626. The van der Waals surface area contributed by atoms with Crippen LogP contribution in [0.4, 0.5) is 5.69 Å². The minimum Gasteiger partial charge on any atom is -0.482 e. The van der Waals surface area contributed by atoms with E-state index in [2.05, 4.69) is 12.2 Å². The van der Waals surface area contributed by atoms with Crippen LogP contribution in [-0.4, -0.2) is 43.6 Å². The van der Waals surface area contributed by atoms with Crippen molar-refractivity contribution in [3.63, 3.8) is 0 Å². The van der Waals surface area contributed by atoms with Gasteiger partial charge in [-0.05, 0) is 31.0 Å². The van der Waals surface area contributed by atoms with Crippen molar-refractivity contribution in [3.8, 4) is 5.75 Å². The van der Waals surface area contributed by atoms with Gasteiger partial charge in [-0.1, -0.05) is 49.4 Å². The van der Waals surface area contributed by atoms with Crippen LogP contribution in [0.2, 0.25) is 0 Å². The molecule has 0 saturated heterocycles. The minimum absolute atomic E-state index is 0.0146. The van der Waals surface area contributed by atoms with Gasteiger partial charge in [-0.15, -0.1) is 0 Å². The zero-order valence-corrected chi connectivity index (χ0v) is 17.9. The van der Waals surface area contributed by atoms with Gasteiger partial charge in [0.05, 0.1) is 12.1 Å². The van der Waals surface area contributed by atoms with Gasteiger partial charge in [0.25, 0.3) is 11.8 Å². The number of para-hydroxylation sites is 2. The molecular weight excluding hydrogens is 396 g/mol. The number of amides is 2. The molecule has 1 aliphatic rings. The lowest BCUT2D eigenvalue weighted by Gasteiger charge is -2.29. The van der Waals surface area contributed by atoms with E-state index in [0.717, 1.165) is 12.0 Å². The van der Waals surface area contributed by atoms with E-state index in [0.29, 0.717) is 18.0 Å². The third kappa shape index (κ3) is 5.84. The van der Waals surface area contributed by atoms with E-state index in [-0.39, 0.29) is 37.3 Å². The molecule has 1 aliphatic heterocycles. The predicted octanol–water partition coefficient (Wildman–Crippen LogP) is 3.04. The van der Waals surface area contributed by atoms with Crippen molar-refractivity contribution in [1.29, 1.82) is 0 Å². The molecule has 2 atom stereocenters. The van der Waals surface area contributed by atoms with E-state index >= 15 is 0 Å². The summed E-state index contributed by atoms with van der Waals surface area (Å²) in [5.74, 6) is -0.290. The highest BCUT2D eigenvalue weighted by Crippen LogP contribution is 2.31. The van der Waals surface area contributed by atoms with Crippen molar-refractivity contribution < 1.29 is 23.9 Å².